The quantitative estimate of drug-likeness (QED) is 0.804. The van der Waals surface area contributed by atoms with Gasteiger partial charge < -0.3 is 5.32 Å². The van der Waals surface area contributed by atoms with E-state index in [1.165, 1.54) is 12.3 Å². The molecule has 0 atom stereocenters. The molecule has 1 aromatic rings. The van der Waals surface area contributed by atoms with E-state index in [-0.39, 0.29) is 4.90 Å². The third-order valence-electron chi connectivity index (χ3n) is 1.95. The highest BCUT2D eigenvalue weighted by Crippen LogP contribution is 2.24. The summed E-state index contributed by atoms with van der Waals surface area (Å²) in [6.45, 7) is 0. The molecule has 1 fully saturated rings. The molecule has 6 heteroatoms. The van der Waals surface area contributed by atoms with Crippen LogP contribution in [0.3, 0.4) is 0 Å². The number of rotatable bonds is 3. The summed E-state index contributed by atoms with van der Waals surface area (Å²) in [5, 5.41) is 3.15. The van der Waals surface area contributed by atoms with Crippen LogP contribution in [0.5, 0.6) is 0 Å². The van der Waals surface area contributed by atoms with Crippen molar-refractivity contribution < 1.29 is 8.42 Å². The number of aromatic nitrogens is 1. The van der Waals surface area contributed by atoms with Crippen LogP contribution in [0.25, 0.3) is 0 Å². The first kappa shape index (κ1) is 9.73. The van der Waals surface area contributed by atoms with E-state index in [1.54, 1.807) is 6.07 Å². The van der Waals surface area contributed by atoms with E-state index in [1.807, 2.05) is 0 Å². The van der Waals surface area contributed by atoms with Crippen LogP contribution in [0.1, 0.15) is 12.8 Å². The van der Waals surface area contributed by atoms with Crippen molar-refractivity contribution in [2.45, 2.75) is 23.8 Å². The predicted octanol–water partition coefficient (Wildman–Crippen LogP) is 1.58. The van der Waals surface area contributed by atoms with Crippen molar-refractivity contribution in [2.24, 2.45) is 0 Å². The fourth-order valence-electron chi connectivity index (χ4n) is 1.05. The number of anilines is 1. The molecule has 1 saturated carbocycles. The number of nitrogens with one attached hydrogen (secondary N) is 1. The fraction of sp³-hybridized carbons (Fsp3) is 0.375. The Labute approximate surface area is 86.7 Å². The Kier molecular flexibility index (Phi) is 2.36. The highest BCUT2D eigenvalue weighted by atomic mass is 35.7. The number of pyridine rings is 1. The number of nitrogens with zero attached hydrogens (tertiary/aromatic N) is 1. The van der Waals surface area contributed by atoms with Crippen molar-refractivity contribution >= 4 is 25.6 Å². The molecule has 1 N–H and O–H groups in total. The average Bonchev–Trinajstić information content (AvgIpc) is 2.88. The lowest BCUT2D eigenvalue weighted by molar-refractivity contribution is 0.609. The van der Waals surface area contributed by atoms with Crippen LogP contribution in [0.2, 0.25) is 0 Å². The second-order valence-electron chi connectivity index (χ2n) is 3.24. The Hall–Kier alpha value is -0.810. The SMILES string of the molecule is O=S(=O)(Cl)c1ccc(NC2CC2)nc1. The third-order valence-corrected chi connectivity index (χ3v) is 3.29. The van der Waals surface area contributed by atoms with Crippen molar-refractivity contribution in [3.63, 3.8) is 0 Å². The molecule has 1 heterocycles. The van der Waals surface area contributed by atoms with Crippen molar-refractivity contribution in [2.75, 3.05) is 5.32 Å². The monoisotopic (exact) mass is 232 g/mol. The summed E-state index contributed by atoms with van der Waals surface area (Å²) in [4.78, 5) is 3.98. The molecule has 76 valence electrons. The van der Waals surface area contributed by atoms with Gasteiger partial charge in [0.25, 0.3) is 9.05 Å². The minimum absolute atomic E-state index is 0.0283. The fourth-order valence-corrected chi connectivity index (χ4v) is 1.73. The molecular formula is C8H9ClN2O2S. The molecule has 2 rings (SSSR count). The molecule has 0 aromatic carbocycles. The first-order chi connectivity index (χ1) is 6.55. The lowest BCUT2D eigenvalue weighted by Crippen LogP contribution is -2.03. The maximum Gasteiger partial charge on any atom is 0.262 e. The minimum atomic E-state index is -3.65. The Morgan fingerprint density at radius 2 is 2.14 bits per heavy atom. The molecule has 0 saturated heterocycles. The van der Waals surface area contributed by atoms with E-state index in [0.29, 0.717) is 11.9 Å². The smallest absolute Gasteiger partial charge is 0.262 e. The molecule has 1 aliphatic rings. The van der Waals surface area contributed by atoms with Gasteiger partial charge in [-0.05, 0) is 25.0 Å². The van der Waals surface area contributed by atoms with Crippen LogP contribution in [0.15, 0.2) is 23.2 Å². The zero-order chi connectivity index (χ0) is 10.2. The van der Waals surface area contributed by atoms with Crippen LogP contribution >= 0.6 is 10.7 Å². The second-order valence-corrected chi connectivity index (χ2v) is 5.80. The van der Waals surface area contributed by atoms with Gasteiger partial charge in [0.2, 0.25) is 0 Å². The highest BCUT2D eigenvalue weighted by Gasteiger charge is 2.21. The molecular weight excluding hydrogens is 224 g/mol. The van der Waals surface area contributed by atoms with Gasteiger partial charge in [0.15, 0.2) is 0 Å². The van der Waals surface area contributed by atoms with Gasteiger partial charge in [0.1, 0.15) is 10.7 Å². The van der Waals surface area contributed by atoms with Gasteiger partial charge in [-0.25, -0.2) is 13.4 Å². The summed E-state index contributed by atoms with van der Waals surface area (Å²) in [7, 11) is 1.49. The van der Waals surface area contributed by atoms with E-state index in [9.17, 15) is 8.42 Å². The molecule has 1 aromatic heterocycles. The predicted molar refractivity (Wildman–Crippen MR) is 53.9 cm³/mol. The van der Waals surface area contributed by atoms with Gasteiger partial charge in [-0.2, -0.15) is 0 Å². The summed E-state index contributed by atoms with van der Waals surface area (Å²) in [6, 6.07) is 3.56. The third kappa shape index (κ3) is 2.36. The Morgan fingerprint density at radius 1 is 1.43 bits per heavy atom. The number of halogens is 1. The van der Waals surface area contributed by atoms with Crippen LogP contribution in [-0.4, -0.2) is 19.4 Å². The van der Waals surface area contributed by atoms with E-state index < -0.39 is 9.05 Å². The van der Waals surface area contributed by atoms with Crippen molar-refractivity contribution in [1.82, 2.24) is 4.98 Å². The first-order valence-corrected chi connectivity index (χ1v) is 6.54. The summed E-state index contributed by atoms with van der Waals surface area (Å²) in [6.07, 6.45) is 3.56. The molecule has 0 amide bonds. The van der Waals surface area contributed by atoms with E-state index in [0.717, 1.165) is 12.8 Å². The normalized spacial score (nSPS) is 16.6. The lowest BCUT2D eigenvalue weighted by atomic mass is 10.4. The van der Waals surface area contributed by atoms with Crippen molar-refractivity contribution in [1.29, 1.82) is 0 Å². The highest BCUT2D eigenvalue weighted by molar-refractivity contribution is 8.13. The Balaban J connectivity index is 2.16. The van der Waals surface area contributed by atoms with Crippen LogP contribution in [0.4, 0.5) is 5.82 Å². The van der Waals surface area contributed by atoms with Crippen LogP contribution in [-0.2, 0) is 9.05 Å². The van der Waals surface area contributed by atoms with Crippen LogP contribution < -0.4 is 5.32 Å². The maximum atomic E-state index is 10.9. The number of hydrogen-bond acceptors (Lipinski definition) is 4. The van der Waals surface area contributed by atoms with Gasteiger partial charge >= 0.3 is 0 Å². The zero-order valence-corrected chi connectivity index (χ0v) is 8.85. The summed E-state index contributed by atoms with van der Waals surface area (Å²) in [5.74, 6) is 0.691. The Morgan fingerprint density at radius 3 is 2.57 bits per heavy atom. The molecule has 0 bridgehead atoms. The van der Waals surface area contributed by atoms with Gasteiger partial charge in [-0.3, -0.25) is 0 Å². The molecule has 0 unspecified atom stereocenters. The molecule has 14 heavy (non-hydrogen) atoms. The zero-order valence-electron chi connectivity index (χ0n) is 7.27. The van der Waals surface area contributed by atoms with Gasteiger partial charge in [0, 0.05) is 22.9 Å². The molecule has 4 nitrogen and oxygen atoms in total. The molecule has 1 aliphatic carbocycles. The van der Waals surface area contributed by atoms with Gasteiger partial charge in [0.05, 0.1) is 0 Å². The average molecular weight is 233 g/mol. The van der Waals surface area contributed by atoms with Crippen LogP contribution in [0, 0.1) is 0 Å². The summed E-state index contributed by atoms with van der Waals surface area (Å²) < 4.78 is 21.8. The van der Waals surface area contributed by atoms with Crippen molar-refractivity contribution in [3.8, 4) is 0 Å². The van der Waals surface area contributed by atoms with Crippen molar-refractivity contribution in [3.05, 3.63) is 18.3 Å². The van der Waals surface area contributed by atoms with Gasteiger partial charge in [-0.1, -0.05) is 0 Å². The molecule has 0 radical (unpaired) electrons. The van der Waals surface area contributed by atoms with E-state index >= 15 is 0 Å². The Bertz CT molecular complexity index is 425. The van der Waals surface area contributed by atoms with E-state index in [4.69, 9.17) is 10.7 Å². The van der Waals surface area contributed by atoms with Gasteiger partial charge in [-0.15, -0.1) is 0 Å². The maximum absolute atomic E-state index is 10.9. The lowest BCUT2D eigenvalue weighted by Gasteiger charge is -2.02. The largest absolute Gasteiger partial charge is 0.367 e. The molecule has 0 aliphatic heterocycles. The second kappa shape index (κ2) is 3.40. The standard InChI is InChI=1S/C8H9ClN2O2S/c9-14(12,13)7-3-4-8(10-5-7)11-6-1-2-6/h3-6H,1-2H2,(H,10,11). The first-order valence-electron chi connectivity index (χ1n) is 4.23. The summed E-state index contributed by atoms with van der Waals surface area (Å²) >= 11 is 0. The molecule has 0 spiro atoms. The van der Waals surface area contributed by atoms with E-state index in [2.05, 4.69) is 10.3 Å². The topological polar surface area (TPSA) is 59.1 Å². The minimum Gasteiger partial charge on any atom is -0.367 e. The summed E-state index contributed by atoms with van der Waals surface area (Å²) in [5.41, 5.74) is 0. The number of hydrogen-bond donors (Lipinski definition) is 1.